The second-order valence-electron chi connectivity index (χ2n) is 5.04. The second kappa shape index (κ2) is 6.88. The van der Waals surface area contributed by atoms with Crippen molar-refractivity contribution in [1.82, 2.24) is 10.6 Å². The van der Waals surface area contributed by atoms with Gasteiger partial charge in [-0.15, -0.1) is 0 Å². The highest BCUT2D eigenvalue weighted by atomic mass is 19.1. The summed E-state index contributed by atoms with van der Waals surface area (Å²) in [5, 5.41) is 5.20. The van der Waals surface area contributed by atoms with Crippen LogP contribution in [0, 0.1) is 11.7 Å². The van der Waals surface area contributed by atoms with Gasteiger partial charge in [-0.3, -0.25) is 9.59 Å². The van der Waals surface area contributed by atoms with Gasteiger partial charge in [-0.05, 0) is 25.0 Å². The predicted molar refractivity (Wildman–Crippen MR) is 75.6 cm³/mol. The van der Waals surface area contributed by atoms with Gasteiger partial charge in [0.15, 0.2) is 0 Å². The van der Waals surface area contributed by atoms with Crippen LogP contribution in [0.1, 0.15) is 31.1 Å². The van der Waals surface area contributed by atoms with E-state index in [1.807, 2.05) is 13.8 Å². The Bertz CT molecular complexity index is 503. The third kappa shape index (κ3) is 4.22. The van der Waals surface area contributed by atoms with Gasteiger partial charge >= 0.3 is 0 Å². The van der Waals surface area contributed by atoms with Crippen LogP contribution in [0.3, 0.4) is 0 Å². The lowest BCUT2D eigenvalue weighted by Crippen LogP contribution is -2.45. The molecule has 5 nitrogen and oxygen atoms in total. The molecule has 0 saturated heterocycles. The number of anilines is 1. The van der Waals surface area contributed by atoms with Crippen LogP contribution in [0.15, 0.2) is 18.2 Å². The zero-order chi connectivity index (χ0) is 15.3. The van der Waals surface area contributed by atoms with Crippen molar-refractivity contribution in [2.24, 2.45) is 5.92 Å². The van der Waals surface area contributed by atoms with E-state index in [-0.39, 0.29) is 17.2 Å². The SMILES string of the molecule is CC(C)CNC(=O)C(C)NC(=O)c1cccc(F)c1N. The largest absolute Gasteiger partial charge is 0.396 e. The van der Waals surface area contributed by atoms with E-state index in [4.69, 9.17) is 5.73 Å². The van der Waals surface area contributed by atoms with Crippen molar-refractivity contribution in [3.63, 3.8) is 0 Å². The van der Waals surface area contributed by atoms with E-state index in [0.29, 0.717) is 12.5 Å². The monoisotopic (exact) mass is 281 g/mol. The maximum Gasteiger partial charge on any atom is 0.254 e. The molecule has 0 aliphatic rings. The summed E-state index contributed by atoms with van der Waals surface area (Å²) in [5.41, 5.74) is 5.30. The Morgan fingerprint density at radius 3 is 2.55 bits per heavy atom. The molecule has 0 bridgehead atoms. The summed E-state index contributed by atoms with van der Waals surface area (Å²) in [6.07, 6.45) is 0. The highest BCUT2D eigenvalue weighted by Crippen LogP contribution is 2.15. The molecule has 0 aliphatic carbocycles. The van der Waals surface area contributed by atoms with Gasteiger partial charge in [0.2, 0.25) is 5.91 Å². The second-order valence-corrected chi connectivity index (χ2v) is 5.04. The number of nitrogens with two attached hydrogens (primary N) is 1. The average molecular weight is 281 g/mol. The maximum absolute atomic E-state index is 13.3. The van der Waals surface area contributed by atoms with Gasteiger partial charge in [-0.1, -0.05) is 19.9 Å². The molecule has 1 aromatic carbocycles. The van der Waals surface area contributed by atoms with Crippen molar-refractivity contribution < 1.29 is 14.0 Å². The number of amides is 2. The lowest BCUT2D eigenvalue weighted by molar-refractivity contribution is -0.122. The Morgan fingerprint density at radius 1 is 1.30 bits per heavy atom. The molecule has 1 aromatic rings. The van der Waals surface area contributed by atoms with Gasteiger partial charge in [0, 0.05) is 6.54 Å². The fourth-order valence-corrected chi connectivity index (χ4v) is 1.53. The van der Waals surface area contributed by atoms with Crippen LogP contribution >= 0.6 is 0 Å². The third-order valence-corrected chi connectivity index (χ3v) is 2.72. The van der Waals surface area contributed by atoms with Crippen LogP contribution in [0.2, 0.25) is 0 Å². The van der Waals surface area contributed by atoms with Crippen LogP contribution in [0.5, 0.6) is 0 Å². The average Bonchev–Trinajstić information content (AvgIpc) is 2.38. The number of carbonyl (C=O) groups excluding carboxylic acids is 2. The van der Waals surface area contributed by atoms with Gasteiger partial charge < -0.3 is 16.4 Å². The Hall–Kier alpha value is -2.11. The molecule has 6 heteroatoms. The van der Waals surface area contributed by atoms with Crippen LogP contribution in [-0.4, -0.2) is 24.4 Å². The molecule has 20 heavy (non-hydrogen) atoms. The van der Waals surface area contributed by atoms with Crippen molar-refractivity contribution in [3.05, 3.63) is 29.6 Å². The number of nitrogens with one attached hydrogen (secondary N) is 2. The molecule has 0 saturated carbocycles. The first kappa shape index (κ1) is 15.9. The van der Waals surface area contributed by atoms with Crippen molar-refractivity contribution in [2.75, 3.05) is 12.3 Å². The van der Waals surface area contributed by atoms with Crippen LogP contribution < -0.4 is 16.4 Å². The maximum atomic E-state index is 13.3. The van der Waals surface area contributed by atoms with Gasteiger partial charge in [0.1, 0.15) is 11.9 Å². The smallest absolute Gasteiger partial charge is 0.254 e. The van der Waals surface area contributed by atoms with Crippen molar-refractivity contribution >= 4 is 17.5 Å². The molecule has 0 aromatic heterocycles. The lowest BCUT2D eigenvalue weighted by Gasteiger charge is -2.16. The minimum Gasteiger partial charge on any atom is -0.396 e. The number of hydrogen-bond acceptors (Lipinski definition) is 3. The molecule has 1 unspecified atom stereocenters. The molecule has 1 atom stereocenters. The first-order valence-corrected chi connectivity index (χ1v) is 6.45. The van der Waals surface area contributed by atoms with Crippen molar-refractivity contribution in [1.29, 1.82) is 0 Å². The summed E-state index contributed by atoms with van der Waals surface area (Å²) >= 11 is 0. The Balaban J connectivity index is 2.66. The molecule has 0 spiro atoms. The fraction of sp³-hybridized carbons (Fsp3) is 0.429. The molecule has 4 N–H and O–H groups in total. The number of para-hydroxylation sites is 1. The minimum absolute atomic E-state index is 0.0218. The summed E-state index contributed by atoms with van der Waals surface area (Å²) < 4.78 is 13.3. The molecular formula is C14H20FN3O2. The fourth-order valence-electron chi connectivity index (χ4n) is 1.53. The molecular weight excluding hydrogens is 261 g/mol. The zero-order valence-corrected chi connectivity index (χ0v) is 11.9. The summed E-state index contributed by atoms with van der Waals surface area (Å²) in [4.78, 5) is 23.7. The summed E-state index contributed by atoms with van der Waals surface area (Å²) in [6.45, 7) is 6.03. The number of halogens is 1. The summed E-state index contributed by atoms with van der Waals surface area (Å²) in [6, 6.07) is 3.26. The number of rotatable bonds is 5. The molecule has 0 aliphatic heterocycles. The van der Waals surface area contributed by atoms with E-state index in [9.17, 15) is 14.0 Å². The van der Waals surface area contributed by atoms with Crippen molar-refractivity contribution in [3.8, 4) is 0 Å². The van der Waals surface area contributed by atoms with Gasteiger partial charge in [0.05, 0.1) is 11.3 Å². The zero-order valence-electron chi connectivity index (χ0n) is 11.9. The Kier molecular flexibility index (Phi) is 5.49. The van der Waals surface area contributed by atoms with E-state index in [0.717, 1.165) is 0 Å². The number of benzene rings is 1. The third-order valence-electron chi connectivity index (χ3n) is 2.72. The lowest BCUT2D eigenvalue weighted by atomic mass is 10.1. The number of nitrogen functional groups attached to an aromatic ring is 1. The topological polar surface area (TPSA) is 84.2 Å². The van der Waals surface area contributed by atoms with Crippen LogP contribution in [-0.2, 0) is 4.79 Å². The van der Waals surface area contributed by atoms with E-state index in [1.54, 1.807) is 6.92 Å². The standard InChI is InChI=1S/C14H20FN3O2/c1-8(2)7-17-13(19)9(3)18-14(20)10-5-4-6-11(15)12(10)16/h4-6,8-9H,7,16H2,1-3H3,(H,17,19)(H,18,20). The van der Waals surface area contributed by atoms with E-state index < -0.39 is 17.8 Å². The molecule has 2 amide bonds. The summed E-state index contributed by atoms with van der Waals surface area (Å²) in [7, 11) is 0. The molecule has 1 rings (SSSR count). The van der Waals surface area contributed by atoms with Crippen LogP contribution in [0.25, 0.3) is 0 Å². The Labute approximate surface area is 117 Å². The number of hydrogen-bond donors (Lipinski definition) is 3. The van der Waals surface area contributed by atoms with E-state index >= 15 is 0 Å². The van der Waals surface area contributed by atoms with Gasteiger partial charge in [-0.2, -0.15) is 0 Å². The summed E-state index contributed by atoms with van der Waals surface area (Å²) in [5.74, 6) is -1.20. The van der Waals surface area contributed by atoms with Crippen molar-refractivity contribution in [2.45, 2.75) is 26.8 Å². The minimum atomic E-state index is -0.719. The van der Waals surface area contributed by atoms with Crippen LogP contribution in [0.4, 0.5) is 10.1 Å². The highest BCUT2D eigenvalue weighted by Gasteiger charge is 2.19. The quantitative estimate of drug-likeness (QED) is 0.711. The number of carbonyl (C=O) groups is 2. The molecule has 0 radical (unpaired) electrons. The first-order chi connectivity index (χ1) is 9.32. The molecule has 0 heterocycles. The molecule has 0 fully saturated rings. The van der Waals surface area contributed by atoms with Gasteiger partial charge in [0.25, 0.3) is 5.91 Å². The van der Waals surface area contributed by atoms with E-state index in [1.165, 1.54) is 18.2 Å². The highest BCUT2D eigenvalue weighted by molar-refractivity contribution is 6.01. The van der Waals surface area contributed by atoms with E-state index in [2.05, 4.69) is 10.6 Å². The first-order valence-electron chi connectivity index (χ1n) is 6.45. The van der Waals surface area contributed by atoms with Gasteiger partial charge in [-0.25, -0.2) is 4.39 Å². The predicted octanol–water partition coefficient (Wildman–Crippen LogP) is 1.30. The Morgan fingerprint density at radius 2 is 1.95 bits per heavy atom. The normalized spacial score (nSPS) is 12.1. The molecule has 110 valence electrons.